The first-order valence-corrected chi connectivity index (χ1v) is 7.70. The first-order valence-electron chi connectivity index (χ1n) is 7.70. The van der Waals surface area contributed by atoms with Gasteiger partial charge < -0.3 is 10.6 Å². The molecule has 21 heavy (non-hydrogen) atoms. The van der Waals surface area contributed by atoms with E-state index in [4.69, 9.17) is 5.73 Å². The van der Waals surface area contributed by atoms with Gasteiger partial charge in [0.2, 0.25) is 0 Å². The molecule has 3 rings (SSSR count). The minimum atomic E-state index is 0.0235. The second-order valence-corrected chi connectivity index (χ2v) is 5.78. The van der Waals surface area contributed by atoms with E-state index < -0.39 is 0 Å². The third-order valence-electron chi connectivity index (χ3n) is 4.46. The van der Waals surface area contributed by atoms with E-state index >= 15 is 0 Å². The molecule has 0 unspecified atom stereocenters. The summed E-state index contributed by atoms with van der Waals surface area (Å²) >= 11 is 0. The number of carbonyl (C=O) groups excluding carboxylic acids is 1. The van der Waals surface area contributed by atoms with E-state index in [0.717, 1.165) is 36.6 Å². The summed E-state index contributed by atoms with van der Waals surface area (Å²) in [5.41, 5.74) is 7.40. The molecule has 3 N–H and O–H groups in total. The molecule has 1 fully saturated rings. The number of benzene rings is 1. The lowest BCUT2D eigenvalue weighted by Crippen LogP contribution is -2.44. The highest BCUT2D eigenvalue weighted by Crippen LogP contribution is 2.25. The number of nitrogens with one attached hydrogen (secondary N) is 1. The fraction of sp³-hybridized carbons (Fsp3) is 0.500. The van der Waals surface area contributed by atoms with Crippen molar-refractivity contribution < 1.29 is 4.79 Å². The molecule has 0 spiro atoms. The Hall–Kier alpha value is -1.88. The summed E-state index contributed by atoms with van der Waals surface area (Å²) in [6.07, 6.45) is 3.97. The van der Waals surface area contributed by atoms with E-state index in [1.807, 2.05) is 36.1 Å². The summed E-state index contributed by atoms with van der Waals surface area (Å²) in [4.78, 5) is 14.8. The Morgan fingerprint density at radius 1 is 1.33 bits per heavy atom. The molecule has 1 aliphatic rings. The van der Waals surface area contributed by atoms with E-state index in [9.17, 15) is 4.79 Å². The molecule has 5 heteroatoms. The molecule has 0 radical (unpaired) electrons. The van der Waals surface area contributed by atoms with Crippen LogP contribution in [0.3, 0.4) is 0 Å². The first-order chi connectivity index (χ1) is 10.2. The molecule has 1 aromatic carbocycles. The predicted molar refractivity (Wildman–Crippen MR) is 83.0 cm³/mol. The SMILES string of the molecule is CCN(C(=O)c1n[nH]c2ccccc12)C1CCC(N)CC1. The van der Waals surface area contributed by atoms with Crippen LogP contribution < -0.4 is 5.73 Å². The van der Waals surface area contributed by atoms with Crippen LogP contribution in [-0.2, 0) is 0 Å². The standard InChI is InChI=1S/C16H22N4O/c1-2-20(12-9-7-11(17)8-10-12)16(21)15-13-5-3-4-6-14(13)18-19-15/h3-6,11-12H,2,7-10,17H2,1H3,(H,18,19). The summed E-state index contributed by atoms with van der Waals surface area (Å²) in [5, 5.41) is 8.07. The van der Waals surface area contributed by atoms with Gasteiger partial charge in [-0.2, -0.15) is 5.10 Å². The topological polar surface area (TPSA) is 75.0 Å². The average molecular weight is 286 g/mol. The molecule has 1 saturated carbocycles. The van der Waals surface area contributed by atoms with Crippen LogP contribution in [0.4, 0.5) is 0 Å². The Kier molecular flexibility index (Phi) is 3.92. The maximum Gasteiger partial charge on any atom is 0.275 e. The van der Waals surface area contributed by atoms with Crippen LogP contribution in [0.2, 0.25) is 0 Å². The number of H-pyrrole nitrogens is 1. The number of carbonyl (C=O) groups is 1. The van der Waals surface area contributed by atoms with E-state index in [1.54, 1.807) is 0 Å². The maximum atomic E-state index is 12.8. The molecular formula is C16H22N4O. The van der Waals surface area contributed by atoms with Crippen LogP contribution in [0, 0.1) is 0 Å². The fourth-order valence-corrected chi connectivity index (χ4v) is 3.24. The number of nitrogens with two attached hydrogens (primary N) is 1. The third-order valence-corrected chi connectivity index (χ3v) is 4.46. The second-order valence-electron chi connectivity index (χ2n) is 5.78. The van der Waals surface area contributed by atoms with Crippen LogP contribution in [0.25, 0.3) is 10.9 Å². The summed E-state index contributed by atoms with van der Waals surface area (Å²) < 4.78 is 0. The van der Waals surface area contributed by atoms with E-state index in [-0.39, 0.29) is 11.9 Å². The highest BCUT2D eigenvalue weighted by molar-refractivity contribution is 6.04. The van der Waals surface area contributed by atoms with Crippen molar-refractivity contribution in [1.29, 1.82) is 0 Å². The molecule has 1 aromatic heterocycles. The van der Waals surface area contributed by atoms with Gasteiger partial charge in [-0.25, -0.2) is 0 Å². The molecule has 2 aromatic rings. The second kappa shape index (κ2) is 5.85. The molecule has 1 heterocycles. The molecule has 0 saturated heterocycles. The molecule has 0 aliphatic heterocycles. The first kappa shape index (κ1) is 14.1. The van der Waals surface area contributed by atoms with Gasteiger partial charge in [-0.05, 0) is 38.7 Å². The van der Waals surface area contributed by atoms with Gasteiger partial charge in [0, 0.05) is 24.0 Å². The van der Waals surface area contributed by atoms with Crippen LogP contribution in [0.1, 0.15) is 43.1 Å². The Bertz CT molecular complexity index is 628. The van der Waals surface area contributed by atoms with Gasteiger partial charge in [0.05, 0.1) is 5.52 Å². The number of hydrogen-bond acceptors (Lipinski definition) is 3. The summed E-state index contributed by atoms with van der Waals surface area (Å²) in [5.74, 6) is 0.0235. The zero-order valence-corrected chi connectivity index (χ0v) is 12.4. The molecule has 1 amide bonds. The third kappa shape index (κ3) is 2.65. The lowest BCUT2D eigenvalue weighted by molar-refractivity contribution is 0.0636. The summed E-state index contributed by atoms with van der Waals surface area (Å²) in [6, 6.07) is 8.34. The number of fused-ring (bicyclic) bond motifs is 1. The van der Waals surface area contributed by atoms with Crippen molar-refractivity contribution in [2.45, 2.75) is 44.7 Å². The van der Waals surface area contributed by atoms with Crippen LogP contribution in [0.5, 0.6) is 0 Å². The number of aromatic amines is 1. The zero-order chi connectivity index (χ0) is 14.8. The van der Waals surface area contributed by atoms with E-state index in [1.165, 1.54) is 0 Å². The lowest BCUT2D eigenvalue weighted by Gasteiger charge is -2.35. The number of amides is 1. The largest absolute Gasteiger partial charge is 0.335 e. The van der Waals surface area contributed by atoms with Crippen molar-refractivity contribution in [2.75, 3.05) is 6.54 Å². The van der Waals surface area contributed by atoms with Crippen LogP contribution >= 0.6 is 0 Å². The highest BCUT2D eigenvalue weighted by atomic mass is 16.2. The van der Waals surface area contributed by atoms with Gasteiger partial charge in [-0.3, -0.25) is 9.89 Å². The predicted octanol–water partition coefficient (Wildman–Crippen LogP) is 2.29. The van der Waals surface area contributed by atoms with Gasteiger partial charge in [0.1, 0.15) is 0 Å². The minimum absolute atomic E-state index is 0.0235. The Balaban J connectivity index is 1.85. The molecular weight excluding hydrogens is 264 g/mol. The number of hydrogen-bond donors (Lipinski definition) is 2. The summed E-state index contributed by atoms with van der Waals surface area (Å²) in [6.45, 7) is 2.74. The summed E-state index contributed by atoms with van der Waals surface area (Å²) in [7, 11) is 0. The number of nitrogens with zero attached hydrogens (tertiary/aromatic N) is 2. The van der Waals surface area contributed by atoms with Gasteiger partial charge in [-0.15, -0.1) is 0 Å². The highest BCUT2D eigenvalue weighted by Gasteiger charge is 2.29. The van der Waals surface area contributed by atoms with E-state index in [2.05, 4.69) is 10.2 Å². The number of rotatable bonds is 3. The van der Waals surface area contributed by atoms with Crippen LogP contribution in [-0.4, -0.2) is 39.6 Å². The molecule has 0 bridgehead atoms. The zero-order valence-electron chi connectivity index (χ0n) is 12.4. The quantitative estimate of drug-likeness (QED) is 0.909. The Labute approximate surface area is 124 Å². The number of para-hydroxylation sites is 1. The Morgan fingerprint density at radius 2 is 2.05 bits per heavy atom. The van der Waals surface area contributed by atoms with Crippen molar-refractivity contribution in [3.05, 3.63) is 30.0 Å². The van der Waals surface area contributed by atoms with Crippen molar-refractivity contribution in [2.24, 2.45) is 5.73 Å². The normalized spacial score (nSPS) is 22.4. The number of aromatic nitrogens is 2. The molecule has 0 atom stereocenters. The minimum Gasteiger partial charge on any atom is -0.335 e. The fourth-order valence-electron chi connectivity index (χ4n) is 3.24. The smallest absolute Gasteiger partial charge is 0.275 e. The van der Waals surface area contributed by atoms with Gasteiger partial charge in [0.25, 0.3) is 5.91 Å². The molecule has 112 valence electrons. The van der Waals surface area contributed by atoms with Crippen molar-refractivity contribution in [3.63, 3.8) is 0 Å². The van der Waals surface area contributed by atoms with Gasteiger partial charge in [0.15, 0.2) is 5.69 Å². The van der Waals surface area contributed by atoms with Crippen molar-refractivity contribution in [3.8, 4) is 0 Å². The molecule has 1 aliphatic carbocycles. The monoisotopic (exact) mass is 286 g/mol. The van der Waals surface area contributed by atoms with Gasteiger partial charge in [-0.1, -0.05) is 18.2 Å². The van der Waals surface area contributed by atoms with Crippen molar-refractivity contribution >= 4 is 16.8 Å². The lowest BCUT2D eigenvalue weighted by atomic mass is 9.90. The van der Waals surface area contributed by atoms with Gasteiger partial charge >= 0.3 is 0 Å². The Morgan fingerprint density at radius 3 is 2.76 bits per heavy atom. The van der Waals surface area contributed by atoms with Crippen molar-refractivity contribution in [1.82, 2.24) is 15.1 Å². The van der Waals surface area contributed by atoms with Crippen LogP contribution in [0.15, 0.2) is 24.3 Å². The van der Waals surface area contributed by atoms with E-state index in [0.29, 0.717) is 18.3 Å². The maximum absolute atomic E-state index is 12.8. The molecule has 5 nitrogen and oxygen atoms in total. The average Bonchev–Trinajstić information content (AvgIpc) is 2.94.